The van der Waals surface area contributed by atoms with Gasteiger partial charge in [0.25, 0.3) is 5.91 Å². The van der Waals surface area contributed by atoms with E-state index in [1.54, 1.807) is 36.1 Å². The van der Waals surface area contributed by atoms with E-state index in [1.165, 1.54) is 0 Å². The molecule has 0 radical (unpaired) electrons. The molecule has 0 bridgehead atoms. The largest absolute Gasteiger partial charge is 0.376 e. The Labute approximate surface area is 202 Å². The molecule has 1 aliphatic heterocycles. The number of piperazine rings is 1. The summed E-state index contributed by atoms with van der Waals surface area (Å²) in [6.45, 7) is 2.93. The molecule has 3 aromatic carbocycles. The van der Waals surface area contributed by atoms with Gasteiger partial charge >= 0.3 is 0 Å². The molecule has 166 valence electrons. The van der Waals surface area contributed by atoms with Gasteiger partial charge in [0.1, 0.15) is 0 Å². The molecule has 4 nitrogen and oxygen atoms in total. The lowest BCUT2D eigenvalue weighted by Gasteiger charge is -2.45. The second kappa shape index (κ2) is 9.32. The van der Waals surface area contributed by atoms with Crippen molar-refractivity contribution < 1.29 is 9.90 Å². The molecule has 1 heterocycles. The number of carbonyl (C=O) groups excluding carboxylic acids is 1. The first kappa shape index (κ1) is 22.9. The molecule has 1 saturated heterocycles. The third kappa shape index (κ3) is 4.60. The summed E-state index contributed by atoms with van der Waals surface area (Å²) in [5.74, 6) is -0.329. The van der Waals surface area contributed by atoms with E-state index in [0.717, 1.165) is 11.3 Å². The maximum Gasteiger partial charge on any atom is 0.259 e. The predicted molar refractivity (Wildman–Crippen MR) is 131 cm³/mol. The van der Waals surface area contributed by atoms with Crippen LogP contribution in [0.2, 0.25) is 15.1 Å². The molecule has 1 N–H and O–H groups in total. The lowest BCUT2D eigenvalue weighted by atomic mass is 9.93. The molecule has 1 unspecified atom stereocenters. The van der Waals surface area contributed by atoms with Crippen LogP contribution in [0, 0.1) is 0 Å². The van der Waals surface area contributed by atoms with Crippen molar-refractivity contribution in [2.75, 3.05) is 24.5 Å². The van der Waals surface area contributed by atoms with Gasteiger partial charge in [-0.3, -0.25) is 4.79 Å². The second-order valence-corrected chi connectivity index (χ2v) is 9.33. The highest BCUT2D eigenvalue weighted by atomic mass is 35.5. The second-order valence-electron chi connectivity index (χ2n) is 8.05. The van der Waals surface area contributed by atoms with E-state index in [9.17, 15) is 9.90 Å². The van der Waals surface area contributed by atoms with Crippen molar-refractivity contribution in [2.45, 2.75) is 18.6 Å². The Bertz CT molecular complexity index is 1100. The molecule has 0 aromatic heterocycles. The first-order valence-electron chi connectivity index (χ1n) is 10.3. The average Bonchev–Trinajstić information content (AvgIpc) is 2.79. The van der Waals surface area contributed by atoms with E-state index in [4.69, 9.17) is 34.8 Å². The van der Waals surface area contributed by atoms with Gasteiger partial charge in [-0.2, -0.15) is 0 Å². The molecule has 7 heteroatoms. The molecular weight excluding hydrogens is 467 g/mol. The molecule has 4 rings (SSSR count). The average molecular weight is 490 g/mol. The van der Waals surface area contributed by atoms with Crippen LogP contribution in [0.1, 0.15) is 24.1 Å². The fraction of sp³-hybridized carbons (Fsp3) is 0.240. The van der Waals surface area contributed by atoms with Gasteiger partial charge in [0.15, 0.2) is 5.60 Å². The number of benzene rings is 3. The van der Waals surface area contributed by atoms with E-state index in [2.05, 4.69) is 4.90 Å². The van der Waals surface area contributed by atoms with E-state index in [-0.39, 0.29) is 11.9 Å². The number of anilines is 1. The Hall–Kier alpha value is -2.24. The number of halogens is 3. The summed E-state index contributed by atoms with van der Waals surface area (Å²) in [7, 11) is 0. The minimum Gasteiger partial charge on any atom is -0.376 e. The summed E-state index contributed by atoms with van der Waals surface area (Å²) in [6, 6.07) is 21.8. The Balaban J connectivity index is 1.67. The fourth-order valence-electron chi connectivity index (χ4n) is 4.13. The van der Waals surface area contributed by atoms with E-state index < -0.39 is 5.60 Å². The van der Waals surface area contributed by atoms with Crippen molar-refractivity contribution in [1.29, 1.82) is 0 Å². The van der Waals surface area contributed by atoms with Crippen molar-refractivity contribution in [2.24, 2.45) is 0 Å². The normalized spacial score (nSPS) is 18.3. The van der Waals surface area contributed by atoms with Gasteiger partial charge in [-0.25, -0.2) is 0 Å². The molecule has 0 saturated carbocycles. The smallest absolute Gasteiger partial charge is 0.259 e. The Morgan fingerprint density at radius 3 is 2.25 bits per heavy atom. The number of nitrogens with zero attached hydrogens (tertiary/aromatic N) is 2. The highest BCUT2D eigenvalue weighted by Crippen LogP contribution is 2.37. The SMILES string of the molecule is C[C@@](O)(C(=O)N1CCN(c2ccc(Cl)cc2Cl)C(c2ccc(Cl)cc2)C1)c1ccccc1. The van der Waals surface area contributed by atoms with Gasteiger partial charge in [0.2, 0.25) is 0 Å². The maximum atomic E-state index is 13.4. The summed E-state index contributed by atoms with van der Waals surface area (Å²) < 4.78 is 0. The van der Waals surface area contributed by atoms with Crippen LogP contribution < -0.4 is 4.90 Å². The molecule has 1 amide bonds. The van der Waals surface area contributed by atoms with Crippen LogP contribution in [0.15, 0.2) is 72.8 Å². The minimum absolute atomic E-state index is 0.171. The number of aliphatic hydroxyl groups is 1. The van der Waals surface area contributed by atoms with E-state index in [0.29, 0.717) is 40.3 Å². The molecule has 0 aliphatic carbocycles. The van der Waals surface area contributed by atoms with Crippen LogP contribution in [0.25, 0.3) is 0 Å². The molecule has 32 heavy (non-hydrogen) atoms. The summed E-state index contributed by atoms with van der Waals surface area (Å²) >= 11 is 18.7. The summed E-state index contributed by atoms with van der Waals surface area (Å²) in [6.07, 6.45) is 0. The minimum atomic E-state index is -1.62. The van der Waals surface area contributed by atoms with Gasteiger partial charge in [0.05, 0.1) is 16.8 Å². The predicted octanol–water partition coefficient (Wildman–Crippen LogP) is 5.94. The summed E-state index contributed by atoms with van der Waals surface area (Å²) in [5, 5.41) is 12.9. The van der Waals surface area contributed by atoms with Crippen molar-refractivity contribution in [1.82, 2.24) is 4.90 Å². The van der Waals surface area contributed by atoms with Crippen LogP contribution >= 0.6 is 34.8 Å². The summed E-state index contributed by atoms with van der Waals surface area (Å²) in [4.78, 5) is 17.3. The molecule has 1 aliphatic rings. The fourth-order valence-corrected chi connectivity index (χ4v) is 4.78. The third-order valence-electron chi connectivity index (χ3n) is 5.89. The zero-order valence-corrected chi connectivity index (χ0v) is 19.8. The zero-order valence-electron chi connectivity index (χ0n) is 17.5. The Morgan fingerprint density at radius 1 is 0.938 bits per heavy atom. The van der Waals surface area contributed by atoms with Crippen molar-refractivity contribution in [3.05, 3.63) is 99.0 Å². The quantitative estimate of drug-likeness (QED) is 0.493. The van der Waals surface area contributed by atoms with Gasteiger partial charge in [-0.05, 0) is 48.4 Å². The van der Waals surface area contributed by atoms with Crippen molar-refractivity contribution in [3.8, 4) is 0 Å². The molecule has 3 aromatic rings. The van der Waals surface area contributed by atoms with Crippen LogP contribution in [0.3, 0.4) is 0 Å². The number of carbonyl (C=O) groups is 1. The maximum absolute atomic E-state index is 13.4. The lowest BCUT2D eigenvalue weighted by molar-refractivity contribution is -0.151. The zero-order chi connectivity index (χ0) is 22.9. The van der Waals surface area contributed by atoms with Crippen LogP contribution in [0.4, 0.5) is 5.69 Å². The number of hydrogen-bond acceptors (Lipinski definition) is 3. The van der Waals surface area contributed by atoms with Crippen molar-refractivity contribution in [3.63, 3.8) is 0 Å². The topological polar surface area (TPSA) is 43.8 Å². The van der Waals surface area contributed by atoms with Crippen LogP contribution in [-0.4, -0.2) is 35.5 Å². The lowest BCUT2D eigenvalue weighted by Crippen LogP contribution is -2.55. The molecule has 1 fully saturated rings. The summed E-state index contributed by atoms with van der Waals surface area (Å²) in [5.41, 5.74) is 0.790. The van der Waals surface area contributed by atoms with E-state index >= 15 is 0 Å². The Morgan fingerprint density at radius 2 is 1.59 bits per heavy atom. The number of amides is 1. The first-order chi connectivity index (χ1) is 15.3. The van der Waals surface area contributed by atoms with Gasteiger partial charge in [-0.1, -0.05) is 77.3 Å². The number of hydrogen-bond donors (Lipinski definition) is 1. The van der Waals surface area contributed by atoms with Crippen LogP contribution in [-0.2, 0) is 10.4 Å². The van der Waals surface area contributed by atoms with Gasteiger partial charge in [-0.15, -0.1) is 0 Å². The molecule has 2 atom stereocenters. The first-order valence-corrected chi connectivity index (χ1v) is 11.4. The highest BCUT2D eigenvalue weighted by molar-refractivity contribution is 6.36. The number of rotatable bonds is 4. The van der Waals surface area contributed by atoms with Gasteiger partial charge in [0, 0.05) is 29.7 Å². The van der Waals surface area contributed by atoms with Gasteiger partial charge < -0.3 is 14.9 Å². The molecular formula is C25H23Cl3N2O2. The standard InChI is InChI=1S/C25H23Cl3N2O2/c1-25(32,18-5-3-2-4-6-18)24(31)29-13-14-30(22-12-11-20(27)15-21(22)28)23(16-29)17-7-9-19(26)10-8-17/h2-12,15,23,32H,13-14,16H2,1H3/t23?,25-/m0/s1. The van der Waals surface area contributed by atoms with E-state index in [1.807, 2.05) is 48.5 Å². The monoisotopic (exact) mass is 488 g/mol. The Kier molecular flexibility index (Phi) is 6.68. The third-order valence-corrected chi connectivity index (χ3v) is 6.68. The van der Waals surface area contributed by atoms with Crippen LogP contribution in [0.5, 0.6) is 0 Å². The highest BCUT2D eigenvalue weighted by Gasteiger charge is 2.40. The molecule has 0 spiro atoms. The van der Waals surface area contributed by atoms with Crippen molar-refractivity contribution >= 4 is 46.4 Å².